The summed E-state index contributed by atoms with van der Waals surface area (Å²) in [6, 6.07) is 15.7. The van der Waals surface area contributed by atoms with Crippen LogP contribution in [0.15, 0.2) is 71.8 Å². The normalized spacial score (nSPS) is 10.3. The average molecular weight is 379 g/mol. The van der Waals surface area contributed by atoms with Crippen LogP contribution in [0.1, 0.15) is 12.0 Å². The van der Waals surface area contributed by atoms with Gasteiger partial charge in [-0.1, -0.05) is 6.07 Å². The molecule has 1 amide bonds. The molecule has 2 aromatic heterocycles. The zero-order chi connectivity index (χ0) is 19.8. The molecule has 0 saturated carbocycles. The molecule has 28 heavy (non-hydrogen) atoms. The van der Waals surface area contributed by atoms with E-state index >= 15 is 0 Å². The first-order valence-corrected chi connectivity index (χ1v) is 8.83. The largest absolute Gasteiger partial charge is 0.497 e. The van der Waals surface area contributed by atoms with Crippen LogP contribution in [0.3, 0.4) is 0 Å². The molecule has 3 aromatic rings. The molecule has 0 unspecified atom stereocenters. The second kappa shape index (κ2) is 9.36. The number of nitrogens with one attached hydrogen (secondary N) is 1. The highest BCUT2D eigenvalue weighted by Gasteiger charge is 2.05. The van der Waals surface area contributed by atoms with Gasteiger partial charge in [0.1, 0.15) is 11.5 Å². The molecule has 7 nitrogen and oxygen atoms in total. The predicted octanol–water partition coefficient (Wildman–Crippen LogP) is 2.75. The number of hydrogen-bond donors (Lipinski definition) is 1. The Kier molecular flexibility index (Phi) is 6.41. The van der Waals surface area contributed by atoms with E-state index in [1.165, 1.54) is 10.6 Å². The number of ether oxygens (including phenoxy) is 2. The Labute approximate surface area is 162 Å². The lowest BCUT2D eigenvalue weighted by Crippen LogP contribution is -2.26. The number of aryl methyl sites for hydroxylation is 1. The molecule has 3 rings (SSSR count). The molecule has 144 valence electrons. The van der Waals surface area contributed by atoms with Crippen LogP contribution >= 0.6 is 0 Å². The second-order valence-corrected chi connectivity index (χ2v) is 6.04. The minimum Gasteiger partial charge on any atom is -0.497 e. The zero-order valence-corrected chi connectivity index (χ0v) is 15.5. The lowest BCUT2D eigenvalue weighted by atomic mass is 10.2. The molecule has 0 radical (unpaired) electrons. The van der Waals surface area contributed by atoms with Gasteiger partial charge in [-0.2, -0.15) is 0 Å². The smallest absolute Gasteiger partial charge is 0.250 e. The summed E-state index contributed by atoms with van der Waals surface area (Å²) in [5.41, 5.74) is 0.744. The first-order chi connectivity index (χ1) is 13.6. The van der Waals surface area contributed by atoms with Crippen molar-refractivity contribution >= 4 is 5.91 Å². The number of methoxy groups -OCH3 is 1. The van der Waals surface area contributed by atoms with Crippen molar-refractivity contribution < 1.29 is 14.3 Å². The van der Waals surface area contributed by atoms with E-state index in [1.807, 2.05) is 6.07 Å². The fourth-order valence-corrected chi connectivity index (χ4v) is 2.54. The van der Waals surface area contributed by atoms with E-state index in [1.54, 1.807) is 62.0 Å². The minimum absolute atomic E-state index is 0.121. The third-order valence-corrected chi connectivity index (χ3v) is 4.05. The van der Waals surface area contributed by atoms with Crippen molar-refractivity contribution in [2.75, 3.05) is 7.11 Å². The molecule has 0 aliphatic carbocycles. The third-order valence-electron chi connectivity index (χ3n) is 4.05. The molecule has 0 fully saturated rings. The summed E-state index contributed by atoms with van der Waals surface area (Å²) in [5.74, 6) is 1.69. The second-order valence-electron chi connectivity index (χ2n) is 6.04. The van der Waals surface area contributed by atoms with Gasteiger partial charge in [0.2, 0.25) is 11.8 Å². The van der Waals surface area contributed by atoms with Crippen LogP contribution in [-0.2, 0) is 17.9 Å². The SMILES string of the molecule is COc1ccc(Oc2cc(CNC(=O)CCn3ccccc3=O)ccn2)cc1. The fourth-order valence-electron chi connectivity index (χ4n) is 2.54. The van der Waals surface area contributed by atoms with Crippen molar-refractivity contribution in [1.82, 2.24) is 14.9 Å². The summed E-state index contributed by atoms with van der Waals surface area (Å²) < 4.78 is 12.4. The van der Waals surface area contributed by atoms with E-state index < -0.39 is 0 Å². The van der Waals surface area contributed by atoms with Crippen molar-refractivity contribution in [3.63, 3.8) is 0 Å². The van der Waals surface area contributed by atoms with Gasteiger partial charge in [0, 0.05) is 44.0 Å². The summed E-state index contributed by atoms with van der Waals surface area (Å²) in [6.07, 6.45) is 3.52. The molecule has 0 bridgehead atoms. The van der Waals surface area contributed by atoms with Gasteiger partial charge in [-0.3, -0.25) is 9.59 Å². The molecule has 0 atom stereocenters. The topological polar surface area (TPSA) is 82.5 Å². The predicted molar refractivity (Wildman–Crippen MR) is 104 cm³/mol. The van der Waals surface area contributed by atoms with Crippen molar-refractivity contribution in [3.8, 4) is 17.4 Å². The molecule has 2 heterocycles. The van der Waals surface area contributed by atoms with E-state index in [2.05, 4.69) is 10.3 Å². The monoisotopic (exact) mass is 379 g/mol. The van der Waals surface area contributed by atoms with Crippen LogP contribution in [0, 0.1) is 0 Å². The zero-order valence-electron chi connectivity index (χ0n) is 15.5. The van der Waals surface area contributed by atoms with Crippen LogP contribution < -0.4 is 20.3 Å². The van der Waals surface area contributed by atoms with E-state index in [0.717, 1.165) is 11.3 Å². The minimum atomic E-state index is -0.134. The maximum atomic E-state index is 12.1. The van der Waals surface area contributed by atoms with Crippen LogP contribution in [0.4, 0.5) is 0 Å². The Morgan fingerprint density at radius 1 is 1.11 bits per heavy atom. The first-order valence-electron chi connectivity index (χ1n) is 8.83. The van der Waals surface area contributed by atoms with Crippen molar-refractivity contribution in [2.24, 2.45) is 0 Å². The van der Waals surface area contributed by atoms with Gasteiger partial charge >= 0.3 is 0 Å². The maximum absolute atomic E-state index is 12.1. The number of aromatic nitrogens is 2. The van der Waals surface area contributed by atoms with E-state index in [0.29, 0.717) is 24.7 Å². The highest BCUT2D eigenvalue weighted by molar-refractivity contribution is 5.75. The number of amides is 1. The van der Waals surface area contributed by atoms with Crippen LogP contribution in [0.25, 0.3) is 0 Å². The molecule has 1 N–H and O–H groups in total. The summed E-state index contributed by atoms with van der Waals surface area (Å²) in [6.45, 7) is 0.692. The van der Waals surface area contributed by atoms with Gasteiger partial charge in [0.15, 0.2) is 0 Å². The van der Waals surface area contributed by atoms with Gasteiger partial charge in [-0.05, 0) is 42.0 Å². The molecular formula is C21H21N3O4. The Morgan fingerprint density at radius 3 is 2.64 bits per heavy atom. The van der Waals surface area contributed by atoms with Gasteiger partial charge in [-0.25, -0.2) is 4.98 Å². The van der Waals surface area contributed by atoms with E-state index in [4.69, 9.17) is 9.47 Å². The summed E-state index contributed by atoms with van der Waals surface area (Å²) in [7, 11) is 1.60. The van der Waals surface area contributed by atoms with Gasteiger partial charge in [0.05, 0.1) is 7.11 Å². The van der Waals surface area contributed by atoms with Crippen molar-refractivity contribution in [3.05, 3.63) is 82.9 Å². The molecular weight excluding hydrogens is 358 g/mol. The molecule has 0 aliphatic heterocycles. The summed E-state index contributed by atoms with van der Waals surface area (Å²) in [4.78, 5) is 27.9. The number of hydrogen-bond acceptors (Lipinski definition) is 5. The Morgan fingerprint density at radius 2 is 1.89 bits per heavy atom. The molecule has 0 spiro atoms. The number of pyridine rings is 2. The number of benzene rings is 1. The van der Waals surface area contributed by atoms with Gasteiger partial charge in [0.25, 0.3) is 5.56 Å². The first kappa shape index (κ1) is 19.2. The van der Waals surface area contributed by atoms with Crippen LogP contribution in [-0.4, -0.2) is 22.6 Å². The lowest BCUT2D eigenvalue weighted by Gasteiger charge is -2.09. The Bertz CT molecular complexity index is 983. The molecule has 0 aliphatic rings. The van der Waals surface area contributed by atoms with Gasteiger partial charge < -0.3 is 19.4 Å². The third kappa shape index (κ3) is 5.44. The fraction of sp³-hybridized carbons (Fsp3) is 0.190. The maximum Gasteiger partial charge on any atom is 0.250 e. The van der Waals surface area contributed by atoms with Crippen molar-refractivity contribution in [2.45, 2.75) is 19.5 Å². The summed E-state index contributed by atoms with van der Waals surface area (Å²) >= 11 is 0. The standard InChI is InChI=1S/C21H21N3O4/c1-27-17-5-7-18(8-6-17)28-20-14-16(9-11-22-20)15-23-19(25)10-13-24-12-3-2-4-21(24)26/h2-9,11-12,14H,10,13,15H2,1H3,(H,23,25). The van der Waals surface area contributed by atoms with Gasteiger partial charge in [-0.15, -0.1) is 0 Å². The Hall–Kier alpha value is -3.61. The van der Waals surface area contributed by atoms with Crippen LogP contribution in [0.5, 0.6) is 17.4 Å². The lowest BCUT2D eigenvalue weighted by molar-refractivity contribution is -0.121. The highest BCUT2D eigenvalue weighted by Crippen LogP contribution is 2.22. The van der Waals surface area contributed by atoms with E-state index in [9.17, 15) is 9.59 Å². The quantitative estimate of drug-likeness (QED) is 0.651. The molecule has 7 heteroatoms. The molecule has 0 saturated heterocycles. The van der Waals surface area contributed by atoms with Crippen LogP contribution in [0.2, 0.25) is 0 Å². The highest BCUT2D eigenvalue weighted by atomic mass is 16.5. The van der Waals surface area contributed by atoms with Crippen molar-refractivity contribution in [1.29, 1.82) is 0 Å². The average Bonchev–Trinajstić information content (AvgIpc) is 2.72. The number of nitrogens with zero attached hydrogens (tertiary/aromatic N) is 2. The van der Waals surface area contributed by atoms with E-state index in [-0.39, 0.29) is 17.9 Å². The number of carbonyl (C=O) groups is 1. The summed E-state index contributed by atoms with van der Waals surface area (Å²) in [5, 5.41) is 2.84. The number of carbonyl (C=O) groups excluding carboxylic acids is 1. The number of rotatable bonds is 8. The molecule has 1 aromatic carbocycles. The Balaban J connectivity index is 1.51.